The van der Waals surface area contributed by atoms with Gasteiger partial charge >= 0.3 is 0 Å². The lowest BCUT2D eigenvalue weighted by atomic mass is 10.0. The molecule has 0 saturated carbocycles. The van der Waals surface area contributed by atoms with Crippen molar-refractivity contribution in [2.45, 2.75) is 26.0 Å². The molecule has 0 aliphatic heterocycles. The zero-order chi connectivity index (χ0) is 14.5. The summed E-state index contributed by atoms with van der Waals surface area (Å²) in [7, 11) is 1.60. The van der Waals surface area contributed by atoms with Crippen LogP contribution in [0, 0.1) is 0 Å². The molecule has 2 aromatic rings. The van der Waals surface area contributed by atoms with Gasteiger partial charge in [-0.2, -0.15) is 0 Å². The molecule has 1 atom stereocenters. The number of nitrogens with two attached hydrogens (primary N) is 1. The molecular weight excluding hydrogens is 252 g/mol. The first-order valence-electron chi connectivity index (χ1n) is 6.63. The van der Waals surface area contributed by atoms with Crippen LogP contribution in [0.25, 0.3) is 0 Å². The highest BCUT2D eigenvalue weighted by Gasteiger charge is 2.14. The van der Waals surface area contributed by atoms with Crippen LogP contribution in [0.1, 0.15) is 31.0 Å². The molecular formula is C16H20N2O2. The van der Waals surface area contributed by atoms with Crippen molar-refractivity contribution in [3.8, 4) is 11.6 Å². The Labute approximate surface area is 119 Å². The Morgan fingerprint density at radius 3 is 2.40 bits per heavy atom. The third kappa shape index (κ3) is 3.27. The highest BCUT2D eigenvalue weighted by atomic mass is 16.5. The van der Waals surface area contributed by atoms with E-state index in [4.69, 9.17) is 15.2 Å². The molecule has 0 radical (unpaired) electrons. The SMILES string of the molecule is COc1ncccc1C(N)c1ccc(OC(C)C)cc1. The zero-order valence-electron chi connectivity index (χ0n) is 12.0. The zero-order valence-corrected chi connectivity index (χ0v) is 12.0. The van der Waals surface area contributed by atoms with E-state index in [0.717, 1.165) is 16.9 Å². The summed E-state index contributed by atoms with van der Waals surface area (Å²) in [6, 6.07) is 11.3. The normalized spacial score (nSPS) is 12.2. The number of rotatable bonds is 5. The van der Waals surface area contributed by atoms with Gasteiger partial charge in [0.25, 0.3) is 0 Å². The Bertz CT molecular complexity index is 553. The maximum Gasteiger partial charge on any atom is 0.218 e. The van der Waals surface area contributed by atoms with E-state index in [1.807, 2.05) is 50.2 Å². The fraction of sp³-hybridized carbons (Fsp3) is 0.312. The van der Waals surface area contributed by atoms with Gasteiger partial charge in [0.2, 0.25) is 5.88 Å². The van der Waals surface area contributed by atoms with E-state index in [-0.39, 0.29) is 12.1 Å². The predicted molar refractivity (Wildman–Crippen MR) is 79.0 cm³/mol. The van der Waals surface area contributed by atoms with Gasteiger partial charge in [0.05, 0.1) is 19.3 Å². The average Bonchev–Trinajstić information content (AvgIpc) is 2.46. The van der Waals surface area contributed by atoms with Gasteiger partial charge in [0, 0.05) is 11.8 Å². The number of pyridine rings is 1. The molecule has 0 spiro atoms. The fourth-order valence-corrected chi connectivity index (χ4v) is 2.02. The lowest BCUT2D eigenvalue weighted by Gasteiger charge is -2.16. The molecule has 106 valence electrons. The molecule has 2 rings (SSSR count). The first-order valence-corrected chi connectivity index (χ1v) is 6.63. The Morgan fingerprint density at radius 2 is 1.80 bits per heavy atom. The number of benzene rings is 1. The summed E-state index contributed by atoms with van der Waals surface area (Å²) in [5.74, 6) is 1.40. The van der Waals surface area contributed by atoms with Crippen LogP contribution in [0.3, 0.4) is 0 Å². The molecule has 4 nitrogen and oxygen atoms in total. The van der Waals surface area contributed by atoms with E-state index in [0.29, 0.717) is 5.88 Å². The Hall–Kier alpha value is -2.07. The van der Waals surface area contributed by atoms with Crippen LogP contribution in [0.4, 0.5) is 0 Å². The van der Waals surface area contributed by atoms with Crippen LogP contribution in [0.15, 0.2) is 42.6 Å². The van der Waals surface area contributed by atoms with Crippen LogP contribution in [0.5, 0.6) is 11.6 Å². The number of aromatic nitrogens is 1. The molecule has 1 heterocycles. The van der Waals surface area contributed by atoms with E-state index in [9.17, 15) is 0 Å². The monoisotopic (exact) mass is 272 g/mol. The summed E-state index contributed by atoms with van der Waals surface area (Å²) < 4.78 is 10.9. The van der Waals surface area contributed by atoms with E-state index in [2.05, 4.69) is 4.98 Å². The number of hydrogen-bond donors (Lipinski definition) is 1. The van der Waals surface area contributed by atoms with Crippen molar-refractivity contribution >= 4 is 0 Å². The molecule has 0 fully saturated rings. The third-order valence-electron chi connectivity index (χ3n) is 2.94. The third-order valence-corrected chi connectivity index (χ3v) is 2.94. The van der Waals surface area contributed by atoms with Crippen molar-refractivity contribution in [1.29, 1.82) is 0 Å². The van der Waals surface area contributed by atoms with Crippen LogP contribution >= 0.6 is 0 Å². The maximum absolute atomic E-state index is 6.28. The van der Waals surface area contributed by atoms with Crippen LogP contribution < -0.4 is 15.2 Å². The summed E-state index contributed by atoms with van der Waals surface area (Å²) >= 11 is 0. The summed E-state index contributed by atoms with van der Waals surface area (Å²) in [4.78, 5) is 4.17. The minimum atomic E-state index is -0.272. The van der Waals surface area contributed by atoms with Crippen LogP contribution in [-0.4, -0.2) is 18.2 Å². The molecule has 0 bridgehead atoms. The van der Waals surface area contributed by atoms with Gasteiger partial charge in [-0.3, -0.25) is 0 Å². The fourth-order valence-electron chi connectivity index (χ4n) is 2.02. The van der Waals surface area contributed by atoms with Gasteiger partial charge in [0.1, 0.15) is 5.75 Å². The van der Waals surface area contributed by atoms with Crippen molar-refractivity contribution in [2.24, 2.45) is 5.73 Å². The molecule has 1 aromatic heterocycles. The van der Waals surface area contributed by atoms with E-state index < -0.39 is 0 Å². The summed E-state index contributed by atoms with van der Waals surface area (Å²) in [6.45, 7) is 4.00. The maximum atomic E-state index is 6.28. The molecule has 0 saturated heterocycles. The van der Waals surface area contributed by atoms with Crippen molar-refractivity contribution in [2.75, 3.05) is 7.11 Å². The molecule has 0 aliphatic rings. The van der Waals surface area contributed by atoms with E-state index in [1.165, 1.54) is 0 Å². The Morgan fingerprint density at radius 1 is 1.10 bits per heavy atom. The van der Waals surface area contributed by atoms with Gasteiger partial charge in [0.15, 0.2) is 0 Å². The summed E-state index contributed by atoms with van der Waals surface area (Å²) in [6.07, 6.45) is 1.85. The molecule has 0 aliphatic carbocycles. The molecule has 1 aromatic carbocycles. The van der Waals surface area contributed by atoms with Crippen LogP contribution in [0.2, 0.25) is 0 Å². The summed E-state index contributed by atoms with van der Waals surface area (Å²) in [5.41, 5.74) is 8.14. The number of methoxy groups -OCH3 is 1. The highest BCUT2D eigenvalue weighted by Crippen LogP contribution is 2.27. The molecule has 1 unspecified atom stereocenters. The quantitative estimate of drug-likeness (QED) is 0.909. The topological polar surface area (TPSA) is 57.4 Å². The average molecular weight is 272 g/mol. The highest BCUT2D eigenvalue weighted by molar-refractivity contribution is 5.39. The van der Waals surface area contributed by atoms with Gasteiger partial charge < -0.3 is 15.2 Å². The number of ether oxygens (including phenoxy) is 2. The van der Waals surface area contributed by atoms with Crippen molar-refractivity contribution < 1.29 is 9.47 Å². The van der Waals surface area contributed by atoms with Gasteiger partial charge in [-0.25, -0.2) is 4.98 Å². The Balaban J connectivity index is 2.22. The minimum absolute atomic E-state index is 0.160. The molecule has 0 amide bonds. The van der Waals surface area contributed by atoms with Crippen LogP contribution in [-0.2, 0) is 0 Å². The smallest absolute Gasteiger partial charge is 0.218 e. The summed E-state index contributed by atoms with van der Waals surface area (Å²) in [5, 5.41) is 0. The predicted octanol–water partition coefficient (Wildman–Crippen LogP) is 2.93. The first-order chi connectivity index (χ1) is 9.61. The number of nitrogens with zero attached hydrogens (tertiary/aromatic N) is 1. The second-order valence-corrected chi connectivity index (χ2v) is 4.82. The van der Waals surface area contributed by atoms with Gasteiger partial charge in [-0.15, -0.1) is 0 Å². The first kappa shape index (κ1) is 14.3. The van der Waals surface area contributed by atoms with Gasteiger partial charge in [-0.05, 0) is 37.6 Å². The van der Waals surface area contributed by atoms with Gasteiger partial charge in [-0.1, -0.05) is 18.2 Å². The Kier molecular flexibility index (Phi) is 4.58. The largest absolute Gasteiger partial charge is 0.491 e. The van der Waals surface area contributed by atoms with Crippen molar-refractivity contribution in [3.05, 3.63) is 53.7 Å². The van der Waals surface area contributed by atoms with E-state index in [1.54, 1.807) is 13.3 Å². The lowest BCUT2D eigenvalue weighted by Crippen LogP contribution is -2.13. The second-order valence-electron chi connectivity index (χ2n) is 4.82. The minimum Gasteiger partial charge on any atom is -0.491 e. The molecule has 2 N–H and O–H groups in total. The lowest BCUT2D eigenvalue weighted by molar-refractivity contribution is 0.242. The molecule has 4 heteroatoms. The number of hydrogen-bond acceptors (Lipinski definition) is 4. The molecule has 20 heavy (non-hydrogen) atoms. The van der Waals surface area contributed by atoms with Crippen molar-refractivity contribution in [3.63, 3.8) is 0 Å². The standard InChI is InChI=1S/C16H20N2O2/c1-11(2)20-13-8-6-12(7-9-13)15(17)14-5-4-10-18-16(14)19-3/h4-11,15H,17H2,1-3H3. The van der Waals surface area contributed by atoms with Crippen molar-refractivity contribution in [1.82, 2.24) is 4.98 Å². The van der Waals surface area contributed by atoms with E-state index >= 15 is 0 Å². The second kappa shape index (κ2) is 6.39.